The molecule has 0 aliphatic rings. The number of benzene rings is 7. The summed E-state index contributed by atoms with van der Waals surface area (Å²) in [5.41, 5.74) is 6.19. The van der Waals surface area contributed by atoms with E-state index < -0.39 is 0 Å². The highest BCUT2D eigenvalue weighted by atomic mass is 16.3. The fourth-order valence-electron chi connectivity index (χ4n) is 6.86. The lowest BCUT2D eigenvalue weighted by Crippen LogP contribution is -1.92. The molecule has 178 valence electrons. The first-order chi connectivity index (χ1) is 18.7. The molecule has 7 aromatic carbocycles. The van der Waals surface area contributed by atoms with E-state index in [0.717, 1.165) is 43.9 Å². The zero-order valence-electron chi connectivity index (χ0n) is 21.1. The van der Waals surface area contributed by atoms with Crippen LogP contribution in [0.1, 0.15) is 11.1 Å². The van der Waals surface area contributed by atoms with Crippen LogP contribution in [0.4, 0.5) is 0 Å². The fraction of sp³-hybridized carbons (Fsp3) is 0.0556. The zero-order chi connectivity index (χ0) is 25.1. The smallest absolute Gasteiger partial charge is 0.143 e. The van der Waals surface area contributed by atoms with Gasteiger partial charge in [-0.15, -0.1) is 0 Å². The highest BCUT2D eigenvalue weighted by Crippen LogP contribution is 2.48. The standard InChI is InChI=1S/C36H22O2/c1-19-17-27-31-25-13-7-16-30-34(25)32(28-18-20(2)22-10-4-6-12-24(22)36(28)38-30)26-14-8-15-29(33(26)31)37-35(27)23-11-5-3-9-21(19)23/h3-18H,1-2H3. The molecule has 0 fully saturated rings. The highest BCUT2D eigenvalue weighted by molar-refractivity contribution is 6.41. The molecule has 0 bridgehead atoms. The number of rotatable bonds is 0. The Kier molecular flexibility index (Phi) is 3.70. The molecule has 0 saturated carbocycles. The van der Waals surface area contributed by atoms with Gasteiger partial charge in [0.1, 0.15) is 22.3 Å². The molecule has 0 unspecified atom stereocenters. The molecular weight excluding hydrogens is 464 g/mol. The maximum Gasteiger partial charge on any atom is 0.143 e. The lowest BCUT2D eigenvalue weighted by atomic mass is 9.88. The van der Waals surface area contributed by atoms with E-state index in [-0.39, 0.29) is 0 Å². The summed E-state index contributed by atoms with van der Waals surface area (Å²) in [6, 6.07) is 34.6. The van der Waals surface area contributed by atoms with Crippen molar-refractivity contribution in [3.63, 3.8) is 0 Å². The maximum absolute atomic E-state index is 6.77. The van der Waals surface area contributed by atoms with Crippen LogP contribution in [0.2, 0.25) is 0 Å². The van der Waals surface area contributed by atoms with E-state index in [4.69, 9.17) is 8.83 Å². The van der Waals surface area contributed by atoms with Gasteiger partial charge in [-0.25, -0.2) is 0 Å². The third kappa shape index (κ3) is 2.38. The van der Waals surface area contributed by atoms with Crippen LogP contribution in [0.5, 0.6) is 0 Å². The second kappa shape index (κ2) is 6.93. The van der Waals surface area contributed by atoms with Crippen LogP contribution in [0.3, 0.4) is 0 Å². The second-order valence-corrected chi connectivity index (χ2v) is 10.5. The van der Waals surface area contributed by atoms with Gasteiger partial charge in [-0.1, -0.05) is 72.8 Å². The summed E-state index contributed by atoms with van der Waals surface area (Å²) in [6.45, 7) is 4.39. The highest BCUT2D eigenvalue weighted by Gasteiger charge is 2.22. The van der Waals surface area contributed by atoms with Gasteiger partial charge in [0, 0.05) is 43.1 Å². The van der Waals surface area contributed by atoms with Crippen molar-refractivity contribution in [3.8, 4) is 0 Å². The summed E-state index contributed by atoms with van der Waals surface area (Å²) in [4.78, 5) is 0. The molecule has 2 heterocycles. The van der Waals surface area contributed by atoms with E-state index in [9.17, 15) is 0 Å². The normalized spacial score (nSPS) is 12.5. The maximum atomic E-state index is 6.77. The van der Waals surface area contributed by atoms with E-state index in [1.54, 1.807) is 0 Å². The van der Waals surface area contributed by atoms with Crippen molar-refractivity contribution in [1.82, 2.24) is 0 Å². The Morgan fingerprint density at radius 1 is 0.368 bits per heavy atom. The van der Waals surface area contributed by atoms with Gasteiger partial charge in [0.15, 0.2) is 0 Å². The lowest BCUT2D eigenvalue weighted by molar-refractivity contribution is 0.664. The van der Waals surface area contributed by atoms with Gasteiger partial charge in [-0.2, -0.15) is 0 Å². The van der Waals surface area contributed by atoms with E-state index in [1.807, 2.05) is 0 Å². The van der Waals surface area contributed by atoms with Crippen molar-refractivity contribution in [2.75, 3.05) is 0 Å². The van der Waals surface area contributed by atoms with Crippen molar-refractivity contribution in [2.45, 2.75) is 13.8 Å². The predicted octanol–water partition coefficient (Wildman–Crippen LogP) is 10.7. The summed E-state index contributed by atoms with van der Waals surface area (Å²) in [5, 5.41) is 14.3. The summed E-state index contributed by atoms with van der Waals surface area (Å²) in [6.07, 6.45) is 0. The van der Waals surface area contributed by atoms with Gasteiger partial charge in [0.05, 0.1) is 0 Å². The summed E-state index contributed by atoms with van der Waals surface area (Å²) in [5.74, 6) is 0. The summed E-state index contributed by atoms with van der Waals surface area (Å²) >= 11 is 0. The third-order valence-electron chi connectivity index (χ3n) is 8.46. The average molecular weight is 487 g/mol. The fourth-order valence-corrected chi connectivity index (χ4v) is 6.86. The molecule has 0 spiro atoms. The van der Waals surface area contributed by atoms with Crippen LogP contribution in [0.25, 0.3) is 87.0 Å². The van der Waals surface area contributed by atoms with Crippen LogP contribution >= 0.6 is 0 Å². The summed E-state index contributed by atoms with van der Waals surface area (Å²) < 4.78 is 13.5. The van der Waals surface area contributed by atoms with Crippen LogP contribution in [-0.4, -0.2) is 0 Å². The van der Waals surface area contributed by atoms with E-state index in [2.05, 4.69) is 111 Å². The third-order valence-corrected chi connectivity index (χ3v) is 8.46. The van der Waals surface area contributed by atoms with Gasteiger partial charge in [-0.05, 0) is 70.8 Å². The molecule has 38 heavy (non-hydrogen) atoms. The van der Waals surface area contributed by atoms with E-state index in [1.165, 1.54) is 54.2 Å². The minimum absolute atomic E-state index is 0.910. The number of hydrogen-bond donors (Lipinski definition) is 0. The molecule has 0 N–H and O–H groups in total. The Hall–Kier alpha value is -4.82. The van der Waals surface area contributed by atoms with Gasteiger partial charge in [-0.3, -0.25) is 0 Å². The van der Waals surface area contributed by atoms with Crippen LogP contribution in [-0.2, 0) is 0 Å². The van der Waals surface area contributed by atoms with Crippen LogP contribution in [0, 0.1) is 13.8 Å². The molecule has 9 rings (SSSR count). The molecule has 2 nitrogen and oxygen atoms in total. The molecule has 0 amide bonds. The Morgan fingerprint density at radius 2 is 0.763 bits per heavy atom. The number of hydrogen-bond acceptors (Lipinski definition) is 2. The van der Waals surface area contributed by atoms with E-state index in [0.29, 0.717) is 0 Å². The molecule has 0 aliphatic heterocycles. The minimum Gasteiger partial charge on any atom is -0.455 e. The summed E-state index contributed by atoms with van der Waals surface area (Å²) in [7, 11) is 0. The van der Waals surface area contributed by atoms with Crippen molar-refractivity contribution in [3.05, 3.63) is 108 Å². The first-order valence-electron chi connectivity index (χ1n) is 13.1. The Balaban J connectivity index is 1.65. The van der Waals surface area contributed by atoms with Gasteiger partial charge in [0.25, 0.3) is 0 Å². The Morgan fingerprint density at radius 3 is 1.21 bits per heavy atom. The molecule has 0 aliphatic carbocycles. The lowest BCUT2D eigenvalue weighted by Gasteiger charge is -2.18. The molecule has 2 heteroatoms. The van der Waals surface area contributed by atoms with Gasteiger partial charge in [0.2, 0.25) is 0 Å². The second-order valence-electron chi connectivity index (χ2n) is 10.5. The number of aryl methyl sites for hydroxylation is 2. The van der Waals surface area contributed by atoms with Crippen molar-refractivity contribution in [1.29, 1.82) is 0 Å². The first-order valence-corrected chi connectivity index (χ1v) is 13.1. The minimum atomic E-state index is 0.910. The molecular formula is C36H22O2. The quantitative estimate of drug-likeness (QED) is 0.157. The Bertz CT molecular complexity index is 2290. The zero-order valence-corrected chi connectivity index (χ0v) is 21.1. The molecule has 0 saturated heterocycles. The van der Waals surface area contributed by atoms with Crippen molar-refractivity contribution >= 4 is 87.0 Å². The molecule has 9 aromatic rings. The average Bonchev–Trinajstić information content (AvgIpc) is 2.95. The van der Waals surface area contributed by atoms with Crippen LogP contribution in [0.15, 0.2) is 106 Å². The van der Waals surface area contributed by atoms with Crippen LogP contribution < -0.4 is 0 Å². The van der Waals surface area contributed by atoms with Gasteiger partial charge < -0.3 is 8.83 Å². The largest absolute Gasteiger partial charge is 0.455 e. The predicted molar refractivity (Wildman–Crippen MR) is 160 cm³/mol. The van der Waals surface area contributed by atoms with Crippen molar-refractivity contribution < 1.29 is 8.83 Å². The Labute approximate surface area is 217 Å². The van der Waals surface area contributed by atoms with Gasteiger partial charge >= 0.3 is 0 Å². The topological polar surface area (TPSA) is 26.3 Å². The van der Waals surface area contributed by atoms with E-state index >= 15 is 0 Å². The van der Waals surface area contributed by atoms with Crippen molar-refractivity contribution in [2.24, 2.45) is 0 Å². The monoisotopic (exact) mass is 486 g/mol. The molecule has 2 aromatic heterocycles. The SMILES string of the molecule is Cc1cc2c(oc3cccc4c3c2c2cccc3oc5c6ccccc6c(C)cc5c4c32)c2ccccc12. The molecule has 0 atom stereocenters. The molecule has 0 radical (unpaired) electrons. The number of fused-ring (bicyclic) bond motifs is 10. The first kappa shape index (κ1) is 20.3.